The minimum absolute atomic E-state index is 0.878. The zero-order chi connectivity index (χ0) is 11.8. The van der Waals surface area contributed by atoms with Gasteiger partial charge in [-0.05, 0) is 19.1 Å². The molecule has 0 N–H and O–H groups in total. The molecule has 3 rings (SSSR count). The predicted molar refractivity (Wildman–Crippen MR) is 70.9 cm³/mol. The van der Waals surface area contributed by atoms with Crippen molar-refractivity contribution in [3.05, 3.63) is 53.0 Å². The van der Waals surface area contributed by atoms with Crippen LogP contribution >= 0.6 is 15.9 Å². The quantitative estimate of drug-likeness (QED) is 0.686. The van der Waals surface area contributed by atoms with Crippen molar-refractivity contribution in [3.8, 4) is 11.3 Å². The molecule has 0 unspecified atom stereocenters. The van der Waals surface area contributed by atoms with Crippen LogP contribution in [0, 0.1) is 6.92 Å². The Kier molecular flexibility index (Phi) is 2.44. The first-order valence-electron chi connectivity index (χ1n) is 5.30. The first kappa shape index (κ1) is 10.5. The molecule has 0 spiro atoms. The van der Waals surface area contributed by atoms with E-state index in [-0.39, 0.29) is 0 Å². The number of hydrogen-bond donors (Lipinski definition) is 0. The third-order valence-corrected chi connectivity index (χ3v) is 3.32. The highest BCUT2D eigenvalue weighted by Gasteiger charge is 2.09. The van der Waals surface area contributed by atoms with E-state index in [1.54, 1.807) is 12.4 Å². The second kappa shape index (κ2) is 3.96. The summed E-state index contributed by atoms with van der Waals surface area (Å²) in [6.07, 6.45) is 5.47. The lowest BCUT2D eigenvalue weighted by Gasteiger charge is -1.99. The largest absolute Gasteiger partial charge is 0.301 e. The fourth-order valence-electron chi connectivity index (χ4n) is 1.91. The Labute approximate surface area is 107 Å². The van der Waals surface area contributed by atoms with Gasteiger partial charge in [-0.2, -0.15) is 0 Å². The number of fused-ring (bicyclic) bond motifs is 1. The third kappa shape index (κ3) is 1.74. The monoisotopic (exact) mass is 287 g/mol. The zero-order valence-corrected chi connectivity index (χ0v) is 10.8. The summed E-state index contributed by atoms with van der Waals surface area (Å²) in [7, 11) is 0. The zero-order valence-electron chi connectivity index (χ0n) is 9.26. The second-order valence-electron chi connectivity index (χ2n) is 3.86. The molecular formula is C13H10BrN3. The van der Waals surface area contributed by atoms with Crippen LogP contribution in [0.15, 0.2) is 47.3 Å². The number of hydrogen-bond acceptors (Lipinski definition) is 2. The van der Waals surface area contributed by atoms with E-state index in [9.17, 15) is 0 Å². The van der Waals surface area contributed by atoms with Gasteiger partial charge in [0.1, 0.15) is 0 Å². The number of imidazole rings is 1. The van der Waals surface area contributed by atoms with Crippen molar-refractivity contribution in [1.29, 1.82) is 0 Å². The van der Waals surface area contributed by atoms with Crippen LogP contribution in [-0.2, 0) is 0 Å². The molecule has 0 atom stereocenters. The minimum atomic E-state index is 0.878. The molecule has 17 heavy (non-hydrogen) atoms. The summed E-state index contributed by atoms with van der Waals surface area (Å²) >= 11 is 3.44. The molecule has 3 aromatic rings. The van der Waals surface area contributed by atoms with Gasteiger partial charge in [-0.15, -0.1) is 0 Å². The maximum absolute atomic E-state index is 4.60. The Hall–Kier alpha value is -1.68. The molecule has 0 aliphatic heterocycles. The number of benzene rings is 1. The van der Waals surface area contributed by atoms with E-state index in [2.05, 4.69) is 45.0 Å². The fraction of sp³-hybridized carbons (Fsp3) is 0.0769. The van der Waals surface area contributed by atoms with Crippen molar-refractivity contribution in [1.82, 2.24) is 14.4 Å². The number of halogens is 1. The fourth-order valence-corrected chi connectivity index (χ4v) is 2.17. The molecule has 0 fully saturated rings. The molecular weight excluding hydrogens is 278 g/mol. The highest BCUT2D eigenvalue weighted by atomic mass is 79.9. The van der Waals surface area contributed by atoms with Crippen molar-refractivity contribution in [2.75, 3.05) is 0 Å². The van der Waals surface area contributed by atoms with E-state index in [4.69, 9.17) is 0 Å². The van der Waals surface area contributed by atoms with Crippen LogP contribution < -0.4 is 0 Å². The molecule has 0 aliphatic carbocycles. The summed E-state index contributed by atoms with van der Waals surface area (Å²) in [6, 6.07) is 8.17. The van der Waals surface area contributed by atoms with Gasteiger partial charge in [-0.3, -0.25) is 4.98 Å². The molecule has 0 saturated heterocycles. The summed E-state index contributed by atoms with van der Waals surface area (Å²) in [4.78, 5) is 8.68. The van der Waals surface area contributed by atoms with Gasteiger partial charge in [0.05, 0.1) is 11.9 Å². The van der Waals surface area contributed by atoms with Crippen LogP contribution in [0.4, 0.5) is 0 Å². The maximum Gasteiger partial charge on any atom is 0.156 e. The summed E-state index contributed by atoms with van der Waals surface area (Å²) in [5, 5.41) is 0. The van der Waals surface area contributed by atoms with Crippen LogP contribution in [0.2, 0.25) is 0 Å². The first-order chi connectivity index (χ1) is 8.25. The molecule has 0 aliphatic rings. The van der Waals surface area contributed by atoms with Gasteiger partial charge in [0.2, 0.25) is 0 Å². The summed E-state index contributed by atoms with van der Waals surface area (Å²) in [5.41, 5.74) is 4.13. The van der Waals surface area contributed by atoms with Crippen molar-refractivity contribution < 1.29 is 0 Å². The molecule has 0 amide bonds. The minimum Gasteiger partial charge on any atom is -0.301 e. The van der Waals surface area contributed by atoms with E-state index in [0.717, 1.165) is 27.1 Å². The van der Waals surface area contributed by atoms with Crippen LogP contribution in [-0.4, -0.2) is 14.4 Å². The van der Waals surface area contributed by atoms with E-state index in [1.807, 2.05) is 22.7 Å². The van der Waals surface area contributed by atoms with Gasteiger partial charge >= 0.3 is 0 Å². The van der Waals surface area contributed by atoms with E-state index >= 15 is 0 Å². The molecule has 0 bridgehead atoms. The lowest BCUT2D eigenvalue weighted by atomic mass is 10.1. The normalized spacial score (nSPS) is 10.9. The molecule has 2 aromatic heterocycles. The van der Waals surface area contributed by atoms with Gasteiger partial charge in [-0.25, -0.2) is 4.98 Å². The second-order valence-corrected chi connectivity index (χ2v) is 4.77. The Bertz CT molecular complexity index is 671. The van der Waals surface area contributed by atoms with Crippen molar-refractivity contribution in [2.24, 2.45) is 0 Å². The Morgan fingerprint density at radius 2 is 1.94 bits per heavy atom. The van der Waals surface area contributed by atoms with E-state index in [0.29, 0.717) is 0 Å². The SMILES string of the molecule is Cc1c(-c2ccc(Br)cc2)nc2cnccn12. The van der Waals surface area contributed by atoms with Gasteiger partial charge < -0.3 is 4.40 Å². The number of rotatable bonds is 1. The van der Waals surface area contributed by atoms with Crippen molar-refractivity contribution in [2.45, 2.75) is 6.92 Å². The Morgan fingerprint density at radius 3 is 2.65 bits per heavy atom. The molecule has 2 heterocycles. The average molecular weight is 288 g/mol. The predicted octanol–water partition coefficient (Wildman–Crippen LogP) is 3.47. The van der Waals surface area contributed by atoms with Gasteiger partial charge in [0, 0.05) is 28.1 Å². The van der Waals surface area contributed by atoms with Crippen LogP contribution in [0.1, 0.15) is 5.69 Å². The smallest absolute Gasteiger partial charge is 0.156 e. The van der Waals surface area contributed by atoms with Gasteiger partial charge in [-0.1, -0.05) is 28.1 Å². The summed E-state index contributed by atoms with van der Waals surface area (Å²) in [6.45, 7) is 2.07. The number of nitrogens with zero attached hydrogens (tertiary/aromatic N) is 3. The topological polar surface area (TPSA) is 30.2 Å². The molecule has 4 heteroatoms. The lowest BCUT2D eigenvalue weighted by Crippen LogP contribution is -1.87. The standard InChI is InChI=1S/C13H10BrN3/c1-9-13(10-2-4-11(14)5-3-10)16-12-8-15-6-7-17(9)12/h2-8H,1H3. The molecule has 0 radical (unpaired) electrons. The van der Waals surface area contributed by atoms with Crippen molar-refractivity contribution >= 4 is 21.6 Å². The van der Waals surface area contributed by atoms with Crippen LogP contribution in [0.25, 0.3) is 16.9 Å². The van der Waals surface area contributed by atoms with E-state index in [1.165, 1.54) is 0 Å². The van der Waals surface area contributed by atoms with Crippen LogP contribution in [0.5, 0.6) is 0 Å². The average Bonchev–Trinajstić information content (AvgIpc) is 2.69. The Morgan fingerprint density at radius 1 is 1.18 bits per heavy atom. The molecule has 3 nitrogen and oxygen atoms in total. The van der Waals surface area contributed by atoms with Crippen molar-refractivity contribution in [3.63, 3.8) is 0 Å². The Balaban J connectivity index is 2.24. The lowest BCUT2D eigenvalue weighted by molar-refractivity contribution is 1.08. The van der Waals surface area contributed by atoms with E-state index < -0.39 is 0 Å². The molecule has 0 saturated carbocycles. The third-order valence-electron chi connectivity index (χ3n) is 2.79. The number of aromatic nitrogens is 3. The van der Waals surface area contributed by atoms with Crippen LogP contribution in [0.3, 0.4) is 0 Å². The summed E-state index contributed by atoms with van der Waals surface area (Å²) in [5.74, 6) is 0. The molecule has 84 valence electrons. The first-order valence-corrected chi connectivity index (χ1v) is 6.09. The summed E-state index contributed by atoms with van der Waals surface area (Å²) < 4.78 is 3.12. The highest BCUT2D eigenvalue weighted by molar-refractivity contribution is 9.10. The highest BCUT2D eigenvalue weighted by Crippen LogP contribution is 2.24. The van der Waals surface area contributed by atoms with Gasteiger partial charge in [0.25, 0.3) is 0 Å². The molecule has 1 aromatic carbocycles. The van der Waals surface area contributed by atoms with Gasteiger partial charge in [0.15, 0.2) is 5.65 Å². The number of aryl methyl sites for hydroxylation is 1. The maximum atomic E-state index is 4.60.